The normalized spacial score (nSPS) is 23.8. The molecule has 0 N–H and O–H groups in total. The molecule has 0 spiro atoms. The highest BCUT2D eigenvalue weighted by Gasteiger charge is 2.39. The molecule has 1 saturated heterocycles. The number of likely N-dealkylation sites (tertiary alicyclic amines) is 1. The highest BCUT2D eigenvalue weighted by atomic mass is 32.2. The van der Waals surface area contributed by atoms with Crippen LogP contribution in [0.5, 0.6) is 0 Å². The Labute approximate surface area is 133 Å². The molecule has 0 bridgehead atoms. The first kappa shape index (κ1) is 13.8. The van der Waals surface area contributed by atoms with E-state index in [2.05, 4.69) is 22.3 Å². The molecule has 0 radical (unpaired) electrons. The monoisotopic (exact) mass is 315 g/mol. The fourth-order valence-corrected chi connectivity index (χ4v) is 4.54. The van der Waals surface area contributed by atoms with E-state index in [0.29, 0.717) is 11.7 Å². The summed E-state index contributed by atoms with van der Waals surface area (Å²) in [5.41, 5.74) is 1.16. The minimum absolute atomic E-state index is 0.0392. The van der Waals surface area contributed by atoms with Crippen LogP contribution in [0, 0.1) is 6.92 Å². The van der Waals surface area contributed by atoms with E-state index in [1.807, 2.05) is 17.0 Å². The van der Waals surface area contributed by atoms with Crippen molar-refractivity contribution in [2.24, 2.45) is 0 Å². The Kier molecular flexibility index (Phi) is 3.41. The number of carbonyl (C=O) groups excluding carboxylic acids is 1. The van der Waals surface area contributed by atoms with Crippen LogP contribution in [0.25, 0.3) is 0 Å². The molecule has 2 atom stereocenters. The van der Waals surface area contributed by atoms with Gasteiger partial charge in [0.2, 0.25) is 11.8 Å². The van der Waals surface area contributed by atoms with Crippen LogP contribution >= 0.6 is 11.8 Å². The zero-order valence-electron chi connectivity index (χ0n) is 12.4. The lowest BCUT2D eigenvalue weighted by Gasteiger charge is -2.25. The van der Waals surface area contributed by atoms with E-state index in [1.165, 1.54) is 4.90 Å². The molecular formula is C16H17N3O2S. The third kappa shape index (κ3) is 2.22. The molecule has 2 aromatic rings. The molecule has 0 unspecified atom stereocenters. The third-order valence-corrected chi connectivity index (χ3v) is 5.56. The number of amides is 1. The van der Waals surface area contributed by atoms with Crippen molar-refractivity contribution in [3.63, 3.8) is 0 Å². The van der Waals surface area contributed by atoms with Gasteiger partial charge < -0.3 is 9.42 Å². The first-order chi connectivity index (χ1) is 10.7. The van der Waals surface area contributed by atoms with E-state index in [4.69, 9.17) is 4.52 Å². The van der Waals surface area contributed by atoms with E-state index in [1.54, 1.807) is 18.7 Å². The Morgan fingerprint density at radius 1 is 1.41 bits per heavy atom. The predicted molar refractivity (Wildman–Crippen MR) is 82.6 cm³/mol. The number of hydrogen-bond donors (Lipinski definition) is 0. The van der Waals surface area contributed by atoms with Crippen molar-refractivity contribution in [2.45, 2.75) is 36.6 Å². The number of benzene rings is 1. The van der Waals surface area contributed by atoms with Gasteiger partial charge >= 0.3 is 0 Å². The first-order valence-corrected chi connectivity index (χ1v) is 8.55. The summed E-state index contributed by atoms with van der Waals surface area (Å²) >= 11 is 1.77. The van der Waals surface area contributed by atoms with Gasteiger partial charge in [-0.15, -0.1) is 11.8 Å². The molecule has 1 fully saturated rings. The van der Waals surface area contributed by atoms with Crippen molar-refractivity contribution >= 4 is 17.7 Å². The molecule has 5 nitrogen and oxygen atoms in total. The van der Waals surface area contributed by atoms with E-state index in [9.17, 15) is 4.79 Å². The topological polar surface area (TPSA) is 59.2 Å². The van der Waals surface area contributed by atoms with Crippen LogP contribution in [0.2, 0.25) is 0 Å². The van der Waals surface area contributed by atoms with Crippen LogP contribution in [0.1, 0.15) is 42.1 Å². The quantitative estimate of drug-likeness (QED) is 0.853. The number of thioether (sulfide) groups is 1. The molecule has 22 heavy (non-hydrogen) atoms. The molecular weight excluding hydrogens is 298 g/mol. The number of aryl methyl sites for hydroxylation is 1. The van der Waals surface area contributed by atoms with E-state index in [0.717, 1.165) is 30.7 Å². The Bertz CT molecular complexity index is 715. The molecule has 1 amide bonds. The van der Waals surface area contributed by atoms with Gasteiger partial charge in [0.1, 0.15) is 0 Å². The van der Waals surface area contributed by atoms with Gasteiger partial charge in [-0.25, -0.2) is 0 Å². The molecule has 1 aromatic carbocycles. The van der Waals surface area contributed by atoms with Gasteiger partial charge in [-0.3, -0.25) is 4.79 Å². The lowest BCUT2D eigenvalue weighted by atomic mass is 9.99. The van der Waals surface area contributed by atoms with Crippen molar-refractivity contribution in [3.8, 4) is 0 Å². The van der Waals surface area contributed by atoms with Gasteiger partial charge in [-0.2, -0.15) is 4.98 Å². The molecule has 6 heteroatoms. The summed E-state index contributed by atoms with van der Waals surface area (Å²) in [6.45, 7) is 2.56. The van der Waals surface area contributed by atoms with Gasteiger partial charge in [0.25, 0.3) is 0 Å². The maximum atomic E-state index is 13.0. The van der Waals surface area contributed by atoms with Crippen molar-refractivity contribution < 1.29 is 9.32 Å². The largest absolute Gasteiger partial charge is 0.340 e. The van der Waals surface area contributed by atoms with Gasteiger partial charge in [-0.05, 0) is 24.5 Å². The number of fused-ring (bicyclic) bond motifs is 1. The second kappa shape index (κ2) is 5.43. The third-order valence-electron chi connectivity index (χ3n) is 4.38. The average Bonchev–Trinajstić information content (AvgIpc) is 3.25. The summed E-state index contributed by atoms with van der Waals surface area (Å²) in [5.74, 6) is 2.17. The molecule has 2 aliphatic rings. The van der Waals surface area contributed by atoms with Crippen molar-refractivity contribution in [3.05, 3.63) is 41.5 Å². The maximum Gasteiger partial charge on any atom is 0.231 e. The Hall–Kier alpha value is -1.82. The molecule has 0 saturated carbocycles. The molecule has 4 rings (SSSR count). The second-order valence-corrected chi connectivity index (χ2v) is 6.82. The van der Waals surface area contributed by atoms with E-state index < -0.39 is 0 Å². The molecule has 114 valence electrons. The number of rotatable bonds is 2. The summed E-state index contributed by atoms with van der Waals surface area (Å²) in [7, 11) is 0. The van der Waals surface area contributed by atoms with Gasteiger partial charge in [0, 0.05) is 24.1 Å². The smallest absolute Gasteiger partial charge is 0.231 e. The number of aromatic nitrogens is 2. The molecule has 1 aromatic heterocycles. The lowest BCUT2D eigenvalue weighted by Crippen LogP contribution is -2.35. The summed E-state index contributed by atoms with van der Waals surface area (Å²) < 4.78 is 5.08. The molecule has 3 heterocycles. The number of nitrogens with zero attached hydrogens (tertiary/aromatic N) is 3. The van der Waals surface area contributed by atoms with Gasteiger partial charge in [0.05, 0.1) is 12.0 Å². The SMILES string of the molecule is Cc1nc([C@H]2CCCN2C(=O)[C@H]2CSc3ccccc32)no1. The Balaban J connectivity index is 1.60. The maximum absolute atomic E-state index is 13.0. The standard InChI is InChI=1S/C16H17N3O2S/c1-10-17-15(18-21-10)13-6-4-8-19(13)16(20)12-9-22-14-7-3-2-5-11(12)14/h2-3,5,7,12-13H,4,6,8-9H2,1H3/t12-,13+/m0/s1. The lowest BCUT2D eigenvalue weighted by molar-refractivity contribution is -0.133. The first-order valence-electron chi connectivity index (χ1n) is 7.56. The second-order valence-electron chi connectivity index (χ2n) is 5.76. The fraction of sp³-hybridized carbons (Fsp3) is 0.438. The van der Waals surface area contributed by atoms with Crippen LogP contribution in [-0.2, 0) is 4.79 Å². The molecule has 0 aliphatic carbocycles. The molecule has 2 aliphatic heterocycles. The Morgan fingerprint density at radius 3 is 3.09 bits per heavy atom. The number of carbonyl (C=O) groups is 1. The van der Waals surface area contributed by atoms with Crippen molar-refractivity contribution in [1.82, 2.24) is 15.0 Å². The zero-order chi connectivity index (χ0) is 15.1. The van der Waals surface area contributed by atoms with Crippen LogP contribution in [0.4, 0.5) is 0 Å². The van der Waals surface area contributed by atoms with E-state index >= 15 is 0 Å². The predicted octanol–water partition coefficient (Wildman–Crippen LogP) is 2.93. The highest BCUT2D eigenvalue weighted by molar-refractivity contribution is 7.99. The van der Waals surface area contributed by atoms with Crippen molar-refractivity contribution in [1.29, 1.82) is 0 Å². The highest BCUT2D eigenvalue weighted by Crippen LogP contribution is 2.42. The zero-order valence-corrected chi connectivity index (χ0v) is 13.2. The van der Waals surface area contributed by atoms with Crippen LogP contribution < -0.4 is 0 Å². The average molecular weight is 315 g/mol. The number of hydrogen-bond acceptors (Lipinski definition) is 5. The minimum atomic E-state index is -0.0465. The van der Waals surface area contributed by atoms with Gasteiger partial charge in [0.15, 0.2) is 5.82 Å². The van der Waals surface area contributed by atoms with Gasteiger partial charge in [-0.1, -0.05) is 23.4 Å². The van der Waals surface area contributed by atoms with Crippen LogP contribution in [-0.4, -0.2) is 33.2 Å². The summed E-state index contributed by atoms with van der Waals surface area (Å²) in [4.78, 5) is 20.5. The summed E-state index contributed by atoms with van der Waals surface area (Å²) in [6, 6.07) is 8.16. The summed E-state index contributed by atoms with van der Waals surface area (Å²) in [6.07, 6.45) is 1.90. The van der Waals surface area contributed by atoms with Crippen molar-refractivity contribution in [2.75, 3.05) is 12.3 Å². The van der Waals surface area contributed by atoms with Crippen LogP contribution in [0.15, 0.2) is 33.7 Å². The van der Waals surface area contributed by atoms with E-state index in [-0.39, 0.29) is 17.9 Å². The minimum Gasteiger partial charge on any atom is -0.340 e. The van der Waals surface area contributed by atoms with Crippen LogP contribution in [0.3, 0.4) is 0 Å². The Morgan fingerprint density at radius 2 is 2.27 bits per heavy atom. The summed E-state index contributed by atoms with van der Waals surface area (Å²) in [5, 5.41) is 4.02. The fourth-order valence-electron chi connectivity index (χ4n) is 3.32.